The molecule has 4 rings (SSSR count). The number of allylic oxidation sites excluding steroid dienone is 4. The molecule has 0 radical (unpaired) electrons. The van der Waals surface area contributed by atoms with Crippen LogP contribution in [-0.4, -0.2) is 98.3 Å². The highest BCUT2D eigenvalue weighted by atomic mass is 127. The molecule has 4 N–H and O–H groups in total. The van der Waals surface area contributed by atoms with Gasteiger partial charge in [-0.1, -0.05) is 102 Å². The highest BCUT2D eigenvalue weighted by Gasteiger charge is 2.38. The van der Waals surface area contributed by atoms with Crippen LogP contribution in [0.3, 0.4) is 0 Å². The molecule has 2 aliphatic carbocycles. The third-order valence-electron chi connectivity index (χ3n) is 11.1. The molecule has 0 bridgehead atoms. The number of alkyl halides is 2. The number of nitrogens with one attached hydrogen (secondary N) is 4. The van der Waals surface area contributed by atoms with E-state index in [0.717, 1.165) is 18.4 Å². The first kappa shape index (κ1) is 54.5. The van der Waals surface area contributed by atoms with Crippen molar-refractivity contribution in [3.8, 4) is 0 Å². The maximum atomic E-state index is 14.4. The normalized spacial score (nSPS) is 18.0. The van der Waals surface area contributed by atoms with Crippen LogP contribution in [0.2, 0.25) is 0 Å². The molecule has 16 heteroatoms. The van der Waals surface area contributed by atoms with Crippen LogP contribution < -0.4 is 21.3 Å². The van der Waals surface area contributed by atoms with E-state index in [4.69, 9.17) is 9.47 Å². The SMILES string of the molecule is CC1=C(C)C(=O)C(CCCOC(=O)NCCC[C@@H](NC(=O)[C@@H]2CCCN2C(=O)[C@H](/C=C/[C@H](CC(C)C)NC(=O)OC(C)(C)C)Cc2ccccc2)C(=O)NC2CC2)=C(C)C1=O.ICI. The van der Waals surface area contributed by atoms with Crippen molar-refractivity contribution in [2.24, 2.45) is 11.8 Å². The maximum absolute atomic E-state index is 14.4. The van der Waals surface area contributed by atoms with Crippen LogP contribution in [0.4, 0.5) is 9.59 Å². The minimum absolute atomic E-state index is 0.0500. The Morgan fingerprint density at radius 1 is 0.875 bits per heavy atom. The van der Waals surface area contributed by atoms with Crippen LogP contribution in [0.25, 0.3) is 0 Å². The van der Waals surface area contributed by atoms with Gasteiger partial charge in [-0.15, -0.1) is 0 Å². The fourth-order valence-corrected chi connectivity index (χ4v) is 7.53. The lowest BCUT2D eigenvalue weighted by atomic mass is 9.84. The van der Waals surface area contributed by atoms with Crippen molar-refractivity contribution in [2.75, 3.05) is 22.1 Å². The Kier molecular flexibility index (Phi) is 23.0. The zero-order chi connectivity index (χ0) is 47.6. The second-order valence-corrected chi connectivity index (χ2v) is 22.5. The van der Waals surface area contributed by atoms with Gasteiger partial charge >= 0.3 is 12.2 Å². The Labute approximate surface area is 407 Å². The van der Waals surface area contributed by atoms with Crippen molar-refractivity contribution in [2.45, 2.75) is 149 Å². The third kappa shape index (κ3) is 18.6. The molecule has 14 nitrogen and oxygen atoms in total. The molecule has 64 heavy (non-hydrogen) atoms. The molecule has 2 fully saturated rings. The smallest absolute Gasteiger partial charge is 0.408 e. The summed E-state index contributed by atoms with van der Waals surface area (Å²) in [6.45, 7) is 15.1. The molecule has 3 aliphatic rings. The van der Waals surface area contributed by atoms with Gasteiger partial charge in [0, 0.05) is 41.4 Å². The lowest BCUT2D eigenvalue weighted by molar-refractivity contribution is -0.141. The molecular weight excluding hydrogens is 1040 g/mol. The molecular formula is C48H69I2N5O9. The van der Waals surface area contributed by atoms with Gasteiger partial charge in [-0.05, 0) is 117 Å². The molecule has 1 aromatic rings. The number of nitrogens with zero attached hydrogens (tertiary/aromatic N) is 1. The number of alkyl carbamates (subject to hydrolysis) is 2. The summed E-state index contributed by atoms with van der Waals surface area (Å²) in [6, 6.07) is 7.65. The van der Waals surface area contributed by atoms with Crippen LogP contribution in [0.5, 0.6) is 0 Å². The zero-order valence-electron chi connectivity index (χ0n) is 38.8. The number of carbonyl (C=O) groups is 7. The number of halogens is 2. The molecule has 1 saturated carbocycles. The van der Waals surface area contributed by atoms with E-state index >= 15 is 0 Å². The molecule has 5 amide bonds. The molecule has 1 aliphatic heterocycles. The summed E-state index contributed by atoms with van der Waals surface area (Å²) in [5, 5.41) is 11.5. The number of rotatable bonds is 20. The number of ether oxygens (including phenoxy) is 2. The van der Waals surface area contributed by atoms with Crippen LogP contribution in [0.1, 0.15) is 119 Å². The fourth-order valence-electron chi connectivity index (χ4n) is 7.53. The minimum Gasteiger partial charge on any atom is -0.450 e. The van der Waals surface area contributed by atoms with Gasteiger partial charge in [-0.2, -0.15) is 0 Å². The molecule has 4 atom stereocenters. The Hall–Kier alpha value is -3.81. The summed E-state index contributed by atoms with van der Waals surface area (Å²) in [7, 11) is 0. The fraction of sp³-hybridized carbons (Fsp3) is 0.604. The number of Topliss-reactive ketones (excluding diaryl/α,β-unsaturated/α-hetero) is 2. The van der Waals surface area contributed by atoms with Gasteiger partial charge in [0.2, 0.25) is 17.7 Å². The summed E-state index contributed by atoms with van der Waals surface area (Å²) in [4.78, 5) is 93.7. The number of benzene rings is 1. The van der Waals surface area contributed by atoms with E-state index in [0.29, 0.717) is 73.8 Å². The number of likely N-dealkylation sites (tertiary alicyclic amines) is 1. The summed E-state index contributed by atoms with van der Waals surface area (Å²) >= 11 is 4.55. The average Bonchev–Trinajstić information content (AvgIpc) is 3.91. The number of amides is 5. The van der Waals surface area contributed by atoms with Gasteiger partial charge in [0.15, 0.2) is 11.6 Å². The van der Waals surface area contributed by atoms with Crippen LogP contribution in [0.15, 0.2) is 64.8 Å². The van der Waals surface area contributed by atoms with Crippen LogP contribution in [-0.2, 0) is 39.9 Å². The number of carbonyl (C=O) groups excluding carboxylic acids is 7. The molecule has 1 aromatic carbocycles. The number of ketones is 2. The number of hydrogen-bond donors (Lipinski definition) is 4. The summed E-state index contributed by atoms with van der Waals surface area (Å²) in [5.41, 5.74) is 2.05. The van der Waals surface area contributed by atoms with E-state index in [-0.39, 0.29) is 61.0 Å². The van der Waals surface area contributed by atoms with Crippen molar-refractivity contribution in [3.63, 3.8) is 0 Å². The summed E-state index contributed by atoms with van der Waals surface area (Å²) in [5.74, 6) is -1.62. The largest absolute Gasteiger partial charge is 0.450 e. The molecule has 1 heterocycles. The van der Waals surface area contributed by atoms with Gasteiger partial charge in [0.25, 0.3) is 0 Å². The lowest BCUT2D eigenvalue weighted by Gasteiger charge is -2.29. The van der Waals surface area contributed by atoms with E-state index in [1.165, 1.54) is 2.43 Å². The Bertz CT molecular complexity index is 1890. The van der Waals surface area contributed by atoms with Crippen LogP contribution in [0, 0.1) is 11.8 Å². The van der Waals surface area contributed by atoms with E-state index in [9.17, 15) is 33.6 Å². The van der Waals surface area contributed by atoms with Gasteiger partial charge in [-0.3, -0.25) is 24.0 Å². The first-order valence-electron chi connectivity index (χ1n) is 22.4. The maximum Gasteiger partial charge on any atom is 0.408 e. The Morgan fingerprint density at radius 2 is 1.53 bits per heavy atom. The van der Waals surface area contributed by atoms with Gasteiger partial charge in [0.1, 0.15) is 17.7 Å². The lowest BCUT2D eigenvalue weighted by Crippen LogP contribution is -2.54. The first-order valence-corrected chi connectivity index (χ1v) is 25.4. The highest BCUT2D eigenvalue weighted by Crippen LogP contribution is 2.27. The Morgan fingerprint density at radius 3 is 2.16 bits per heavy atom. The molecule has 0 spiro atoms. The van der Waals surface area contributed by atoms with Crippen LogP contribution >= 0.6 is 45.2 Å². The Balaban J connectivity index is 0.00000353. The number of hydrogen-bond acceptors (Lipinski definition) is 9. The molecule has 0 unspecified atom stereocenters. The zero-order valence-corrected chi connectivity index (χ0v) is 43.1. The van der Waals surface area contributed by atoms with E-state index in [2.05, 4.69) is 80.3 Å². The minimum atomic E-state index is -0.882. The third-order valence-corrected chi connectivity index (χ3v) is 11.1. The second kappa shape index (κ2) is 27.0. The molecule has 0 aromatic heterocycles. The monoisotopic (exact) mass is 1110 g/mol. The predicted octanol–water partition coefficient (Wildman–Crippen LogP) is 8.00. The standard InChI is InChI=1S/C47H67N5O9.CH2I2/c1-29(2)27-36(50-46(59)61-47(6,7)8)21-20-34(28-33-15-10-9-11-16-33)44(57)52-25-13-19-39(52)43(56)51-38(42(55)49-35-22-23-35)18-12-24-48-45(58)60-26-14-17-37-32(5)40(53)30(3)31(4)41(37)54;2-1-3/h9-11,15-16,20-21,29,34-36,38-39H,12-14,17-19,22-28H2,1-8H3,(H,48,58)(H,49,55)(H,50,59)(H,51,56);1H2/b21-20+;/t34-,36-,38-,39+;/m1./s1. The van der Waals surface area contributed by atoms with Gasteiger partial charge in [-0.25, -0.2) is 9.59 Å². The van der Waals surface area contributed by atoms with Crippen molar-refractivity contribution >= 4 is 86.7 Å². The summed E-state index contributed by atoms with van der Waals surface area (Å²) in [6.07, 6.45) is 7.57. The van der Waals surface area contributed by atoms with Gasteiger partial charge < -0.3 is 35.6 Å². The second-order valence-electron chi connectivity index (χ2n) is 18.0. The summed E-state index contributed by atoms with van der Waals surface area (Å²) < 4.78 is 12.0. The first-order chi connectivity index (χ1) is 30.3. The van der Waals surface area contributed by atoms with E-state index in [1.54, 1.807) is 46.4 Å². The van der Waals surface area contributed by atoms with Crippen molar-refractivity contribution in [1.29, 1.82) is 0 Å². The predicted molar refractivity (Wildman–Crippen MR) is 265 cm³/mol. The van der Waals surface area contributed by atoms with E-state index < -0.39 is 41.7 Å². The highest BCUT2D eigenvalue weighted by molar-refractivity contribution is 14.2. The molecule has 354 valence electrons. The van der Waals surface area contributed by atoms with Crippen molar-refractivity contribution in [1.82, 2.24) is 26.2 Å². The average molecular weight is 1110 g/mol. The quantitative estimate of drug-likeness (QED) is 0.0330. The van der Waals surface area contributed by atoms with Gasteiger partial charge in [0.05, 0.1) is 21.0 Å². The topological polar surface area (TPSA) is 189 Å². The van der Waals surface area contributed by atoms with E-state index in [1.807, 2.05) is 42.5 Å². The van der Waals surface area contributed by atoms with Crippen molar-refractivity contribution < 1.29 is 43.0 Å². The van der Waals surface area contributed by atoms with Crippen molar-refractivity contribution in [3.05, 3.63) is 70.3 Å². The molecule has 1 saturated heterocycles.